The Labute approximate surface area is 128 Å². The van der Waals surface area contributed by atoms with E-state index in [1.54, 1.807) is 0 Å². The zero-order chi connectivity index (χ0) is 16.2. The van der Waals surface area contributed by atoms with Gasteiger partial charge in [-0.05, 0) is 30.0 Å². The summed E-state index contributed by atoms with van der Waals surface area (Å²) in [5.41, 5.74) is -0.00306. The van der Waals surface area contributed by atoms with Gasteiger partial charge in [-0.3, -0.25) is 9.59 Å². The number of aliphatic carboxylic acids is 1. The molecule has 1 unspecified atom stereocenters. The van der Waals surface area contributed by atoms with E-state index in [2.05, 4.69) is 5.32 Å². The number of phenolic OH excluding ortho intramolecular Hbond substituents is 1. The third-order valence-corrected chi connectivity index (χ3v) is 3.14. The van der Waals surface area contributed by atoms with E-state index < -0.39 is 17.9 Å². The minimum absolute atomic E-state index is 0.0739. The number of carboxylic acids is 1. The van der Waals surface area contributed by atoms with Crippen LogP contribution in [0.2, 0.25) is 5.02 Å². The highest BCUT2D eigenvalue weighted by Gasteiger charge is 2.24. The van der Waals surface area contributed by atoms with Gasteiger partial charge in [-0.2, -0.15) is 0 Å². The van der Waals surface area contributed by atoms with Crippen molar-refractivity contribution in [2.45, 2.75) is 39.7 Å². The summed E-state index contributed by atoms with van der Waals surface area (Å²) in [4.78, 5) is 23.1. The number of aromatic hydroxyl groups is 1. The summed E-state index contributed by atoms with van der Waals surface area (Å²) >= 11 is 5.93. The summed E-state index contributed by atoms with van der Waals surface area (Å²) in [6, 6.07) is 3.55. The van der Waals surface area contributed by atoms with Gasteiger partial charge in [-0.25, -0.2) is 0 Å². The largest absolute Gasteiger partial charge is 0.508 e. The molecule has 0 saturated heterocycles. The molecule has 0 aliphatic rings. The van der Waals surface area contributed by atoms with Gasteiger partial charge >= 0.3 is 5.97 Å². The standard InChI is InChI=1S/C15H20ClNO4/c1-15(2,3)8-9(6-13(19)20)17-14(21)11-7-10(18)4-5-12(11)16/h4-5,7,9,18H,6,8H2,1-3H3,(H,17,21)(H,19,20). The lowest BCUT2D eigenvalue weighted by Gasteiger charge is -2.26. The summed E-state index contributed by atoms with van der Waals surface area (Å²) in [5, 5.41) is 21.2. The minimum atomic E-state index is -0.980. The number of halogens is 1. The molecule has 0 radical (unpaired) electrons. The number of hydrogen-bond acceptors (Lipinski definition) is 3. The molecule has 6 heteroatoms. The van der Waals surface area contributed by atoms with Gasteiger partial charge in [0.05, 0.1) is 17.0 Å². The van der Waals surface area contributed by atoms with E-state index >= 15 is 0 Å². The van der Waals surface area contributed by atoms with Crippen LogP contribution in [0.25, 0.3) is 0 Å². The molecule has 1 atom stereocenters. The molecule has 0 bridgehead atoms. The van der Waals surface area contributed by atoms with Crippen molar-refractivity contribution in [1.82, 2.24) is 5.32 Å². The van der Waals surface area contributed by atoms with Gasteiger partial charge in [-0.1, -0.05) is 32.4 Å². The quantitative estimate of drug-likeness (QED) is 0.779. The van der Waals surface area contributed by atoms with Gasteiger partial charge in [0.1, 0.15) is 5.75 Å². The third kappa shape index (κ3) is 6.04. The van der Waals surface area contributed by atoms with Crippen LogP contribution in [-0.2, 0) is 4.79 Å². The highest BCUT2D eigenvalue weighted by atomic mass is 35.5. The molecule has 1 amide bonds. The average molecular weight is 314 g/mol. The van der Waals surface area contributed by atoms with E-state index in [0.717, 1.165) is 0 Å². The van der Waals surface area contributed by atoms with Crippen LogP contribution in [-0.4, -0.2) is 28.1 Å². The normalized spacial score (nSPS) is 12.8. The molecule has 21 heavy (non-hydrogen) atoms. The van der Waals surface area contributed by atoms with Gasteiger partial charge in [0.2, 0.25) is 0 Å². The van der Waals surface area contributed by atoms with Crippen LogP contribution < -0.4 is 5.32 Å². The van der Waals surface area contributed by atoms with Crippen molar-refractivity contribution < 1.29 is 19.8 Å². The van der Waals surface area contributed by atoms with Crippen molar-refractivity contribution in [3.8, 4) is 5.75 Å². The number of phenols is 1. The Hall–Kier alpha value is -1.75. The molecule has 0 heterocycles. The van der Waals surface area contributed by atoms with E-state index in [0.29, 0.717) is 6.42 Å². The van der Waals surface area contributed by atoms with Crippen LogP contribution in [0.5, 0.6) is 5.75 Å². The molecule has 1 rings (SSSR count). The van der Waals surface area contributed by atoms with E-state index in [-0.39, 0.29) is 28.2 Å². The number of benzene rings is 1. The molecule has 0 spiro atoms. The number of carbonyl (C=O) groups is 2. The number of nitrogens with one attached hydrogen (secondary N) is 1. The molecular formula is C15H20ClNO4. The maximum absolute atomic E-state index is 12.2. The Bertz CT molecular complexity index is 537. The molecule has 0 fully saturated rings. The first kappa shape index (κ1) is 17.3. The molecule has 3 N–H and O–H groups in total. The van der Waals surface area contributed by atoms with Gasteiger partial charge in [0, 0.05) is 6.04 Å². The lowest BCUT2D eigenvalue weighted by molar-refractivity contribution is -0.137. The van der Waals surface area contributed by atoms with Crippen molar-refractivity contribution in [3.63, 3.8) is 0 Å². The predicted octanol–water partition coefficient (Wildman–Crippen LogP) is 3.05. The van der Waals surface area contributed by atoms with E-state index in [1.807, 2.05) is 20.8 Å². The van der Waals surface area contributed by atoms with E-state index in [9.17, 15) is 14.7 Å². The molecule has 0 aromatic heterocycles. The van der Waals surface area contributed by atoms with Crippen molar-refractivity contribution in [1.29, 1.82) is 0 Å². The van der Waals surface area contributed by atoms with Gasteiger partial charge in [-0.15, -0.1) is 0 Å². The second-order valence-electron chi connectivity index (χ2n) is 6.20. The summed E-state index contributed by atoms with van der Waals surface area (Å²) in [5.74, 6) is -1.55. The van der Waals surface area contributed by atoms with Crippen molar-refractivity contribution in [2.75, 3.05) is 0 Å². The highest BCUT2D eigenvalue weighted by Crippen LogP contribution is 2.24. The van der Waals surface area contributed by atoms with Crippen molar-refractivity contribution in [2.24, 2.45) is 5.41 Å². The summed E-state index contributed by atoms with van der Waals surface area (Å²) in [6.07, 6.45) is 0.348. The third-order valence-electron chi connectivity index (χ3n) is 2.81. The fourth-order valence-corrected chi connectivity index (χ4v) is 2.28. The number of carboxylic acid groups (broad SMARTS) is 1. The Morgan fingerprint density at radius 3 is 2.48 bits per heavy atom. The van der Waals surface area contributed by atoms with Crippen LogP contribution in [0.4, 0.5) is 0 Å². The molecule has 1 aromatic rings. The molecule has 0 aliphatic carbocycles. The Morgan fingerprint density at radius 2 is 1.95 bits per heavy atom. The van der Waals surface area contributed by atoms with Gasteiger partial charge < -0.3 is 15.5 Å². The SMILES string of the molecule is CC(C)(C)CC(CC(=O)O)NC(=O)c1cc(O)ccc1Cl. The lowest BCUT2D eigenvalue weighted by atomic mass is 9.87. The van der Waals surface area contributed by atoms with Crippen molar-refractivity contribution >= 4 is 23.5 Å². The molecule has 5 nitrogen and oxygen atoms in total. The number of carbonyl (C=O) groups excluding carboxylic acids is 1. The number of amides is 1. The van der Waals surface area contributed by atoms with Gasteiger partial charge in [0.25, 0.3) is 5.91 Å². The Kier molecular flexibility index (Phi) is 5.61. The maximum atomic E-state index is 12.2. The monoisotopic (exact) mass is 313 g/mol. The number of hydrogen-bond donors (Lipinski definition) is 3. The zero-order valence-electron chi connectivity index (χ0n) is 12.3. The molecule has 0 aliphatic heterocycles. The molecule has 116 valence electrons. The summed E-state index contributed by atoms with van der Waals surface area (Å²) in [7, 11) is 0. The lowest BCUT2D eigenvalue weighted by Crippen LogP contribution is -2.39. The number of rotatable bonds is 5. The smallest absolute Gasteiger partial charge is 0.305 e. The van der Waals surface area contributed by atoms with Gasteiger partial charge in [0.15, 0.2) is 0 Å². The fourth-order valence-electron chi connectivity index (χ4n) is 2.07. The zero-order valence-corrected chi connectivity index (χ0v) is 13.1. The summed E-state index contributed by atoms with van der Waals surface area (Å²) in [6.45, 7) is 5.90. The highest BCUT2D eigenvalue weighted by molar-refractivity contribution is 6.33. The van der Waals surface area contributed by atoms with E-state index in [1.165, 1.54) is 18.2 Å². The first-order chi connectivity index (χ1) is 9.58. The average Bonchev–Trinajstić information content (AvgIpc) is 2.28. The second kappa shape index (κ2) is 6.80. The predicted molar refractivity (Wildman–Crippen MR) is 80.7 cm³/mol. The Morgan fingerprint density at radius 1 is 1.33 bits per heavy atom. The van der Waals surface area contributed by atoms with Crippen LogP contribution in [0, 0.1) is 5.41 Å². The molecular weight excluding hydrogens is 294 g/mol. The first-order valence-electron chi connectivity index (χ1n) is 6.59. The van der Waals surface area contributed by atoms with E-state index in [4.69, 9.17) is 16.7 Å². The molecule has 0 saturated carbocycles. The van der Waals surface area contributed by atoms with Crippen LogP contribution in [0.1, 0.15) is 44.0 Å². The van der Waals surface area contributed by atoms with Crippen LogP contribution in [0.15, 0.2) is 18.2 Å². The summed E-state index contributed by atoms with van der Waals surface area (Å²) < 4.78 is 0. The fraction of sp³-hybridized carbons (Fsp3) is 0.467. The van der Waals surface area contributed by atoms with Crippen molar-refractivity contribution in [3.05, 3.63) is 28.8 Å². The first-order valence-corrected chi connectivity index (χ1v) is 6.97. The molecule has 1 aromatic carbocycles. The maximum Gasteiger partial charge on any atom is 0.305 e. The second-order valence-corrected chi connectivity index (χ2v) is 6.60. The minimum Gasteiger partial charge on any atom is -0.508 e. The van der Waals surface area contributed by atoms with Crippen LogP contribution in [0.3, 0.4) is 0 Å². The van der Waals surface area contributed by atoms with Crippen LogP contribution >= 0.6 is 11.6 Å². The topological polar surface area (TPSA) is 86.6 Å². The Balaban J connectivity index is 2.89.